The number of amides is 1. The van der Waals surface area contributed by atoms with Crippen LogP contribution in [0.25, 0.3) is 0 Å². The van der Waals surface area contributed by atoms with Gasteiger partial charge in [-0.1, -0.05) is 18.6 Å². The van der Waals surface area contributed by atoms with Gasteiger partial charge in [-0.05, 0) is 37.0 Å². The summed E-state index contributed by atoms with van der Waals surface area (Å²) in [6.45, 7) is 6.96. The Bertz CT molecular complexity index is 295. The highest BCUT2D eigenvalue weighted by Gasteiger charge is 2.59. The first kappa shape index (κ1) is 9.75. The Balaban J connectivity index is 1.97. The maximum atomic E-state index is 10.9. The lowest BCUT2D eigenvalue weighted by Crippen LogP contribution is -2.28. The fourth-order valence-electron chi connectivity index (χ4n) is 2.85. The predicted octanol–water partition coefficient (Wildman–Crippen LogP) is 2.11. The molecule has 14 heavy (non-hydrogen) atoms. The third-order valence-electron chi connectivity index (χ3n) is 3.96. The van der Waals surface area contributed by atoms with Crippen LogP contribution in [0.4, 0.5) is 0 Å². The standard InChI is InChI=1S/C12H19NO/c1-8-4-5-10-11(6-8)12(10,3)7-13-9(2)14/h6,10-11H,4-5,7H2,1-3H3,(H,13,14). The number of carbonyl (C=O) groups excluding carboxylic acids is 1. The van der Waals surface area contributed by atoms with E-state index in [0.717, 1.165) is 18.4 Å². The lowest BCUT2D eigenvalue weighted by Gasteiger charge is -2.10. The summed E-state index contributed by atoms with van der Waals surface area (Å²) >= 11 is 0. The molecule has 0 heterocycles. The van der Waals surface area contributed by atoms with Gasteiger partial charge in [-0.2, -0.15) is 0 Å². The van der Waals surface area contributed by atoms with Crippen LogP contribution in [0.15, 0.2) is 11.6 Å². The van der Waals surface area contributed by atoms with Gasteiger partial charge >= 0.3 is 0 Å². The summed E-state index contributed by atoms with van der Waals surface area (Å²) in [5.41, 5.74) is 1.88. The van der Waals surface area contributed by atoms with Crippen molar-refractivity contribution in [3.63, 3.8) is 0 Å². The second-order valence-corrected chi connectivity index (χ2v) is 5.10. The Morgan fingerprint density at radius 3 is 3.00 bits per heavy atom. The molecule has 0 aromatic carbocycles. The molecule has 0 saturated heterocycles. The van der Waals surface area contributed by atoms with Crippen LogP contribution >= 0.6 is 0 Å². The van der Waals surface area contributed by atoms with Crippen molar-refractivity contribution in [1.82, 2.24) is 5.32 Å². The highest BCUT2D eigenvalue weighted by atomic mass is 16.1. The zero-order chi connectivity index (χ0) is 10.3. The van der Waals surface area contributed by atoms with Crippen molar-refractivity contribution in [2.45, 2.75) is 33.6 Å². The summed E-state index contributed by atoms with van der Waals surface area (Å²) in [6, 6.07) is 0. The van der Waals surface area contributed by atoms with Gasteiger partial charge in [0.15, 0.2) is 0 Å². The molecule has 2 rings (SSSR count). The Morgan fingerprint density at radius 1 is 1.71 bits per heavy atom. The lowest BCUT2D eigenvalue weighted by molar-refractivity contribution is -0.119. The van der Waals surface area contributed by atoms with Gasteiger partial charge in [0.25, 0.3) is 0 Å². The molecule has 1 amide bonds. The average Bonchev–Trinajstić information content (AvgIpc) is 2.69. The van der Waals surface area contributed by atoms with Crippen molar-refractivity contribution in [3.05, 3.63) is 11.6 Å². The van der Waals surface area contributed by atoms with Gasteiger partial charge in [0.1, 0.15) is 0 Å². The topological polar surface area (TPSA) is 29.1 Å². The molecule has 0 spiro atoms. The molecular formula is C12H19NO. The van der Waals surface area contributed by atoms with Crippen LogP contribution in [0.1, 0.15) is 33.6 Å². The SMILES string of the molecule is CC(=O)NCC1(C)C2C=C(C)CCC21. The van der Waals surface area contributed by atoms with E-state index in [4.69, 9.17) is 0 Å². The number of hydrogen-bond donors (Lipinski definition) is 1. The van der Waals surface area contributed by atoms with E-state index >= 15 is 0 Å². The van der Waals surface area contributed by atoms with Crippen LogP contribution in [0.5, 0.6) is 0 Å². The molecule has 0 bridgehead atoms. The summed E-state index contributed by atoms with van der Waals surface area (Å²) in [5.74, 6) is 1.64. The van der Waals surface area contributed by atoms with E-state index in [9.17, 15) is 4.79 Å². The van der Waals surface area contributed by atoms with Crippen LogP contribution < -0.4 is 5.32 Å². The average molecular weight is 193 g/mol. The van der Waals surface area contributed by atoms with Crippen LogP contribution in [0.3, 0.4) is 0 Å². The molecule has 78 valence electrons. The number of fused-ring (bicyclic) bond motifs is 1. The molecule has 0 aliphatic heterocycles. The van der Waals surface area contributed by atoms with Crippen LogP contribution in [0, 0.1) is 17.3 Å². The molecule has 0 aromatic heterocycles. The van der Waals surface area contributed by atoms with E-state index in [1.165, 1.54) is 18.4 Å². The Kier molecular flexibility index (Phi) is 2.17. The van der Waals surface area contributed by atoms with E-state index in [-0.39, 0.29) is 5.91 Å². The molecule has 3 unspecified atom stereocenters. The predicted molar refractivity (Wildman–Crippen MR) is 56.8 cm³/mol. The number of nitrogens with one attached hydrogen (secondary N) is 1. The minimum absolute atomic E-state index is 0.0931. The quantitative estimate of drug-likeness (QED) is 0.669. The van der Waals surface area contributed by atoms with E-state index in [1.807, 2.05) is 0 Å². The number of allylic oxidation sites excluding steroid dienone is 2. The summed E-state index contributed by atoms with van der Waals surface area (Å²) in [5, 5.41) is 2.95. The molecule has 1 saturated carbocycles. The van der Waals surface area contributed by atoms with Gasteiger partial charge in [0, 0.05) is 13.5 Å². The van der Waals surface area contributed by atoms with E-state index in [1.54, 1.807) is 6.92 Å². The molecule has 0 radical (unpaired) electrons. The molecule has 2 nitrogen and oxygen atoms in total. The second kappa shape index (κ2) is 3.11. The fourth-order valence-corrected chi connectivity index (χ4v) is 2.85. The molecule has 3 atom stereocenters. The second-order valence-electron chi connectivity index (χ2n) is 5.10. The first-order chi connectivity index (χ1) is 6.54. The van der Waals surface area contributed by atoms with E-state index in [2.05, 4.69) is 25.2 Å². The molecule has 1 fully saturated rings. The third kappa shape index (κ3) is 1.47. The Labute approximate surface area is 85.8 Å². The van der Waals surface area contributed by atoms with Gasteiger partial charge in [-0.25, -0.2) is 0 Å². The van der Waals surface area contributed by atoms with Crippen molar-refractivity contribution in [2.24, 2.45) is 17.3 Å². The Morgan fingerprint density at radius 2 is 2.43 bits per heavy atom. The maximum absolute atomic E-state index is 10.9. The van der Waals surface area contributed by atoms with Crippen LogP contribution in [-0.2, 0) is 4.79 Å². The largest absolute Gasteiger partial charge is 0.356 e. The van der Waals surface area contributed by atoms with E-state index in [0.29, 0.717) is 5.41 Å². The summed E-state index contributed by atoms with van der Waals surface area (Å²) in [6.07, 6.45) is 4.97. The minimum atomic E-state index is 0.0931. The third-order valence-corrected chi connectivity index (χ3v) is 3.96. The summed E-state index contributed by atoms with van der Waals surface area (Å²) in [7, 11) is 0. The molecule has 1 N–H and O–H groups in total. The zero-order valence-corrected chi connectivity index (χ0v) is 9.26. The van der Waals surface area contributed by atoms with Gasteiger partial charge in [-0.15, -0.1) is 0 Å². The monoisotopic (exact) mass is 193 g/mol. The Hall–Kier alpha value is -0.790. The van der Waals surface area contributed by atoms with Gasteiger partial charge in [0.2, 0.25) is 5.91 Å². The molecule has 0 aromatic rings. The number of carbonyl (C=O) groups is 1. The van der Waals surface area contributed by atoms with Gasteiger partial charge < -0.3 is 5.32 Å². The normalized spacial score (nSPS) is 39.8. The molecular weight excluding hydrogens is 174 g/mol. The smallest absolute Gasteiger partial charge is 0.216 e. The maximum Gasteiger partial charge on any atom is 0.216 e. The van der Waals surface area contributed by atoms with Gasteiger partial charge in [0.05, 0.1) is 0 Å². The van der Waals surface area contributed by atoms with Crippen molar-refractivity contribution in [2.75, 3.05) is 6.54 Å². The molecule has 2 aliphatic rings. The van der Waals surface area contributed by atoms with Crippen molar-refractivity contribution >= 4 is 5.91 Å². The first-order valence-corrected chi connectivity index (χ1v) is 5.46. The zero-order valence-electron chi connectivity index (χ0n) is 9.26. The van der Waals surface area contributed by atoms with Gasteiger partial charge in [-0.3, -0.25) is 4.79 Å². The lowest BCUT2D eigenvalue weighted by atomic mass is 10.0. The van der Waals surface area contributed by atoms with Crippen LogP contribution in [-0.4, -0.2) is 12.5 Å². The van der Waals surface area contributed by atoms with Crippen molar-refractivity contribution < 1.29 is 4.79 Å². The molecule has 2 aliphatic carbocycles. The summed E-state index contributed by atoms with van der Waals surface area (Å²) < 4.78 is 0. The first-order valence-electron chi connectivity index (χ1n) is 5.46. The van der Waals surface area contributed by atoms with Crippen LogP contribution in [0.2, 0.25) is 0 Å². The van der Waals surface area contributed by atoms with Crippen molar-refractivity contribution in [1.29, 1.82) is 0 Å². The van der Waals surface area contributed by atoms with Crippen molar-refractivity contribution in [3.8, 4) is 0 Å². The number of rotatable bonds is 2. The fraction of sp³-hybridized carbons (Fsp3) is 0.750. The highest BCUT2D eigenvalue weighted by Crippen LogP contribution is 2.63. The van der Waals surface area contributed by atoms with E-state index < -0.39 is 0 Å². The molecule has 2 heteroatoms. The summed E-state index contributed by atoms with van der Waals surface area (Å²) in [4.78, 5) is 10.9. The number of hydrogen-bond acceptors (Lipinski definition) is 1. The minimum Gasteiger partial charge on any atom is -0.356 e. The highest BCUT2D eigenvalue weighted by molar-refractivity contribution is 5.72.